The average molecular weight is 256 g/mol. The van der Waals surface area contributed by atoms with E-state index < -0.39 is 0 Å². The first-order valence-corrected chi connectivity index (χ1v) is 4.39. The van der Waals surface area contributed by atoms with Crippen LogP contribution in [0.25, 0.3) is 0 Å². The van der Waals surface area contributed by atoms with Crippen molar-refractivity contribution in [3.63, 3.8) is 0 Å². The second kappa shape index (κ2) is 3.52. The van der Waals surface area contributed by atoms with Gasteiger partial charge in [0.05, 0.1) is 19.6 Å². The lowest BCUT2D eigenvalue weighted by atomic mass is 10.1. The van der Waals surface area contributed by atoms with Crippen molar-refractivity contribution in [2.75, 3.05) is 13.2 Å². The third kappa shape index (κ3) is 1.82. The van der Waals surface area contributed by atoms with E-state index in [-0.39, 0.29) is 22.4 Å². The van der Waals surface area contributed by atoms with Crippen LogP contribution in [0.1, 0.15) is 6.42 Å². The normalized spacial score (nSPS) is 28.2. The standard InChI is InChI=1S/C6H9IO3/c7-5(2-8)4-1-6(9)10-3-4/h4-5,8H,1-3H2. The zero-order valence-corrected chi connectivity index (χ0v) is 7.58. The van der Waals surface area contributed by atoms with Gasteiger partial charge in [-0.25, -0.2) is 0 Å². The number of esters is 1. The van der Waals surface area contributed by atoms with Gasteiger partial charge in [-0.1, -0.05) is 22.6 Å². The SMILES string of the molecule is O=C1CC(C(I)CO)CO1. The predicted molar refractivity (Wildman–Crippen MR) is 44.0 cm³/mol. The van der Waals surface area contributed by atoms with Gasteiger partial charge >= 0.3 is 5.97 Å². The average Bonchev–Trinajstić information content (AvgIpc) is 2.34. The Kier molecular flexibility index (Phi) is 2.91. The maximum atomic E-state index is 10.6. The van der Waals surface area contributed by atoms with Crippen molar-refractivity contribution in [1.29, 1.82) is 0 Å². The number of alkyl halides is 1. The van der Waals surface area contributed by atoms with Crippen molar-refractivity contribution >= 4 is 28.6 Å². The summed E-state index contributed by atoms with van der Waals surface area (Å²) in [5, 5.41) is 8.71. The summed E-state index contributed by atoms with van der Waals surface area (Å²) in [5.41, 5.74) is 0. The van der Waals surface area contributed by atoms with Crippen molar-refractivity contribution in [1.82, 2.24) is 0 Å². The fourth-order valence-electron chi connectivity index (χ4n) is 0.913. The summed E-state index contributed by atoms with van der Waals surface area (Å²) < 4.78 is 4.89. The summed E-state index contributed by atoms with van der Waals surface area (Å²) in [6.45, 7) is 0.606. The van der Waals surface area contributed by atoms with Crippen molar-refractivity contribution in [3.8, 4) is 0 Å². The number of rotatable bonds is 2. The molecule has 0 aromatic rings. The predicted octanol–water partition coefficient (Wildman–Crippen LogP) is 0.345. The zero-order chi connectivity index (χ0) is 7.56. The summed E-state index contributed by atoms with van der Waals surface area (Å²) >= 11 is 2.14. The third-order valence-electron chi connectivity index (χ3n) is 1.57. The molecule has 2 atom stereocenters. The summed E-state index contributed by atoms with van der Waals surface area (Å²) in [7, 11) is 0. The largest absolute Gasteiger partial charge is 0.465 e. The van der Waals surface area contributed by atoms with Crippen LogP contribution in [0, 0.1) is 5.92 Å². The van der Waals surface area contributed by atoms with Gasteiger partial charge in [-0.05, 0) is 0 Å². The van der Waals surface area contributed by atoms with Gasteiger partial charge in [0.1, 0.15) is 0 Å². The summed E-state index contributed by atoms with van der Waals surface area (Å²) in [4.78, 5) is 10.6. The monoisotopic (exact) mass is 256 g/mol. The van der Waals surface area contributed by atoms with E-state index in [0.717, 1.165) is 0 Å². The van der Waals surface area contributed by atoms with Crippen LogP contribution in [0.4, 0.5) is 0 Å². The van der Waals surface area contributed by atoms with E-state index in [0.29, 0.717) is 13.0 Å². The minimum Gasteiger partial charge on any atom is -0.465 e. The van der Waals surface area contributed by atoms with Crippen molar-refractivity contribution in [3.05, 3.63) is 0 Å². The van der Waals surface area contributed by atoms with E-state index in [1.54, 1.807) is 0 Å². The molecule has 0 aromatic carbocycles. The van der Waals surface area contributed by atoms with Crippen LogP contribution in [0.5, 0.6) is 0 Å². The third-order valence-corrected chi connectivity index (χ3v) is 2.98. The fourth-order valence-corrected chi connectivity index (χ4v) is 1.38. The molecule has 0 saturated carbocycles. The number of carbonyl (C=O) groups is 1. The second-order valence-electron chi connectivity index (χ2n) is 2.35. The molecule has 0 amide bonds. The molecule has 1 aliphatic rings. The molecule has 10 heavy (non-hydrogen) atoms. The lowest BCUT2D eigenvalue weighted by Gasteiger charge is -2.09. The van der Waals surface area contributed by atoms with E-state index in [9.17, 15) is 4.79 Å². The van der Waals surface area contributed by atoms with E-state index >= 15 is 0 Å². The van der Waals surface area contributed by atoms with E-state index in [4.69, 9.17) is 9.84 Å². The van der Waals surface area contributed by atoms with Crippen molar-refractivity contribution in [2.24, 2.45) is 5.92 Å². The molecule has 0 aromatic heterocycles. The zero-order valence-electron chi connectivity index (χ0n) is 5.42. The Bertz CT molecular complexity index is 137. The van der Waals surface area contributed by atoms with Gasteiger partial charge in [0.25, 0.3) is 0 Å². The van der Waals surface area contributed by atoms with Gasteiger partial charge in [0, 0.05) is 9.84 Å². The lowest BCUT2D eigenvalue weighted by molar-refractivity contribution is -0.137. The smallest absolute Gasteiger partial charge is 0.306 e. The highest BCUT2D eigenvalue weighted by Gasteiger charge is 2.28. The van der Waals surface area contributed by atoms with Gasteiger partial charge in [-0.15, -0.1) is 0 Å². The highest BCUT2D eigenvalue weighted by atomic mass is 127. The number of halogens is 1. The summed E-state index contributed by atoms with van der Waals surface area (Å²) in [6, 6.07) is 0. The Labute approximate surface area is 72.9 Å². The molecule has 4 heteroatoms. The first kappa shape index (κ1) is 8.26. The Hall–Kier alpha value is 0.160. The number of cyclic esters (lactones) is 1. The number of aliphatic hydroxyl groups excluding tert-OH is 1. The van der Waals surface area contributed by atoms with Gasteiger partial charge < -0.3 is 9.84 Å². The molecule has 3 nitrogen and oxygen atoms in total. The number of hydrogen-bond donors (Lipinski definition) is 1. The minimum absolute atomic E-state index is 0.127. The molecule has 1 N–H and O–H groups in total. The second-order valence-corrected chi connectivity index (χ2v) is 3.95. The van der Waals surface area contributed by atoms with Gasteiger partial charge in [0.15, 0.2) is 0 Å². The van der Waals surface area contributed by atoms with Gasteiger partial charge in [0.2, 0.25) is 0 Å². The van der Waals surface area contributed by atoms with Gasteiger partial charge in [-0.3, -0.25) is 4.79 Å². The van der Waals surface area contributed by atoms with E-state index in [2.05, 4.69) is 22.6 Å². The molecular weight excluding hydrogens is 247 g/mol. The molecule has 1 fully saturated rings. The van der Waals surface area contributed by atoms with Crippen LogP contribution in [-0.4, -0.2) is 28.2 Å². The van der Waals surface area contributed by atoms with E-state index in [1.807, 2.05) is 0 Å². The molecule has 1 saturated heterocycles. The molecule has 1 rings (SSSR count). The molecule has 58 valence electrons. The highest BCUT2D eigenvalue weighted by Crippen LogP contribution is 2.22. The number of aliphatic hydroxyl groups is 1. The number of hydrogen-bond acceptors (Lipinski definition) is 3. The van der Waals surface area contributed by atoms with Crippen molar-refractivity contribution < 1.29 is 14.6 Å². The first-order valence-electron chi connectivity index (χ1n) is 3.14. The van der Waals surface area contributed by atoms with Crippen LogP contribution in [0.3, 0.4) is 0 Å². The topological polar surface area (TPSA) is 46.5 Å². The van der Waals surface area contributed by atoms with Crippen LogP contribution < -0.4 is 0 Å². The van der Waals surface area contributed by atoms with Crippen LogP contribution >= 0.6 is 22.6 Å². The van der Waals surface area contributed by atoms with Crippen LogP contribution in [0.2, 0.25) is 0 Å². The summed E-state index contributed by atoms with van der Waals surface area (Å²) in [6.07, 6.45) is 0.466. The number of ether oxygens (including phenoxy) is 1. The van der Waals surface area contributed by atoms with Gasteiger partial charge in [-0.2, -0.15) is 0 Å². The maximum Gasteiger partial charge on any atom is 0.306 e. The number of carbonyl (C=O) groups excluding carboxylic acids is 1. The minimum atomic E-state index is -0.139. The fraction of sp³-hybridized carbons (Fsp3) is 0.833. The Morgan fingerprint density at radius 3 is 3.00 bits per heavy atom. The van der Waals surface area contributed by atoms with Crippen molar-refractivity contribution in [2.45, 2.75) is 10.3 Å². The van der Waals surface area contributed by atoms with Crippen LogP contribution in [0.15, 0.2) is 0 Å². The Morgan fingerprint density at radius 2 is 2.60 bits per heavy atom. The Balaban J connectivity index is 2.36. The highest BCUT2D eigenvalue weighted by molar-refractivity contribution is 14.1. The van der Waals surface area contributed by atoms with E-state index in [1.165, 1.54) is 0 Å². The molecule has 0 spiro atoms. The lowest BCUT2D eigenvalue weighted by Crippen LogP contribution is -2.17. The molecule has 0 bridgehead atoms. The van der Waals surface area contributed by atoms with Crippen LogP contribution in [-0.2, 0) is 9.53 Å². The Morgan fingerprint density at radius 1 is 1.90 bits per heavy atom. The molecule has 0 aliphatic carbocycles. The first-order chi connectivity index (χ1) is 4.74. The molecule has 2 unspecified atom stereocenters. The molecular formula is C6H9IO3. The summed E-state index contributed by atoms with van der Waals surface area (Å²) in [5.74, 6) is 0.0817. The molecule has 0 radical (unpaired) electrons. The quantitative estimate of drug-likeness (QED) is 0.440. The molecule has 1 heterocycles. The maximum absolute atomic E-state index is 10.6. The molecule has 1 aliphatic heterocycles.